The number of amides is 1. The summed E-state index contributed by atoms with van der Waals surface area (Å²) in [7, 11) is 0. The summed E-state index contributed by atoms with van der Waals surface area (Å²) in [5.41, 5.74) is 2.07. The average molecular weight is 425 g/mol. The molecule has 0 radical (unpaired) electrons. The second kappa shape index (κ2) is 10.9. The first-order valence-corrected chi connectivity index (χ1v) is 11.2. The third-order valence-corrected chi connectivity index (χ3v) is 5.83. The van der Waals surface area contributed by atoms with E-state index in [0.29, 0.717) is 18.8 Å². The van der Waals surface area contributed by atoms with E-state index in [1.165, 1.54) is 6.42 Å². The second-order valence-corrected chi connectivity index (χ2v) is 8.34. The molecule has 6 heteroatoms. The van der Waals surface area contributed by atoms with Crippen molar-refractivity contribution in [3.63, 3.8) is 0 Å². The molecule has 0 aliphatic carbocycles. The maximum atomic E-state index is 12.1. The van der Waals surface area contributed by atoms with Gasteiger partial charge in [0.1, 0.15) is 5.75 Å². The molecule has 158 valence electrons. The van der Waals surface area contributed by atoms with E-state index in [0.717, 1.165) is 40.4 Å². The summed E-state index contributed by atoms with van der Waals surface area (Å²) in [4.78, 5) is 27.0. The Morgan fingerprint density at radius 1 is 1.10 bits per heavy atom. The number of fused-ring (bicyclic) bond motifs is 1. The zero-order chi connectivity index (χ0) is 21.3. The van der Waals surface area contributed by atoms with Gasteiger partial charge in [0.25, 0.3) is 0 Å². The summed E-state index contributed by atoms with van der Waals surface area (Å²) in [6.45, 7) is 4.96. The first-order chi connectivity index (χ1) is 14.6. The van der Waals surface area contributed by atoms with Gasteiger partial charge in [-0.25, -0.2) is 4.79 Å². The number of unbranched alkanes of at least 4 members (excludes halogenated alkanes) is 3. The quantitative estimate of drug-likeness (QED) is 0.401. The van der Waals surface area contributed by atoms with Crippen molar-refractivity contribution in [2.45, 2.75) is 51.0 Å². The number of benzene rings is 2. The van der Waals surface area contributed by atoms with Crippen LogP contribution in [0.25, 0.3) is 0 Å². The first-order valence-electron chi connectivity index (χ1n) is 10.4. The van der Waals surface area contributed by atoms with Crippen molar-refractivity contribution in [1.29, 1.82) is 0 Å². The highest BCUT2D eigenvalue weighted by atomic mass is 32.2. The van der Waals surface area contributed by atoms with Crippen LogP contribution < -0.4 is 15.0 Å². The SMILES string of the molecule is CCCCCCNC(=O)Oc1ccc2c(c1)N(Cc1ccccc1)/C(=C/C(C)=O)S2. The maximum Gasteiger partial charge on any atom is 0.412 e. The Morgan fingerprint density at radius 3 is 2.63 bits per heavy atom. The lowest BCUT2D eigenvalue weighted by Gasteiger charge is -2.21. The highest BCUT2D eigenvalue weighted by Crippen LogP contribution is 2.48. The Balaban J connectivity index is 1.72. The average Bonchev–Trinajstić information content (AvgIpc) is 3.04. The van der Waals surface area contributed by atoms with Crippen LogP contribution in [0.3, 0.4) is 0 Å². The molecule has 0 unspecified atom stereocenters. The lowest BCUT2D eigenvalue weighted by atomic mass is 10.2. The van der Waals surface area contributed by atoms with Crippen molar-refractivity contribution in [2.24, 2.45) is 0 Å². The second-order valence-electron chi connectivity index (χ2n) is 7.27. The van der Waals surface area contributed by atoms with Crippen molar-refractivity contribution in [3.8, 4) is 5.75 Å². The molecule has 0 bridgehead atoms. The molecular formula is C24H28N2O3S. The predicted octanol–water partition coefficient (Wildman–Crippen LogP) is 5.90. The fraction of sp³-hybridized carbons (Fsp3) is 0.333. The number of anilines is 1. The number of nitrogens with zero attached hydrogens (tertiary/aromatic N) is 1. The van der Waals surface area contributed by atoms with Crippen molar-refractivity contribution in [3.05, 3.63) is 65.2 Å². The van der Waals surface area contributed by atoms with Gasteiger partial charge in [0.15, 0.2) is 5.78 Å². The van der Waals surface area contributed by atoms with E-state index in [2.05, 4.69) is 29.3 Å². The number of carbonyl (C=O) groups is 2. The van der Waals surface area contributed by atoms with Crippen LogP contribution in [0.4, 0.5) is 10.5 Å². The van der Waals surface area contributed by atoms with E-state index in [4.69, 9.17) is 4.74 Å². The monoisotopic (exact) mass is 424 g/mol. The summed E-state index contributed by atoms with van der Waals surface area (Å²) in [6, 6.07) is 15.7. The normalized spacial score (nSPS) is 13.9. The fourth-order valence-corrected chi connectivity index (χ4v) is 4.37. The molecule has 0 aromatic heterocycles. The topological polar surface area (TPSA) is 58.6 Å². The smallest absolute Gasteiger partial charge is 0.410 e. The number of thioether (sulfide) groups is 1. The lowest BCUT2D eigenvalue weighted by Crippen LogP contribution is -2.27. The molecule has 30 heavy (non-hydrogen) atoms. The summed E-state index contributed by atoms with van der Waals surface area (Å²) in [5, 5.41) is 3.68. The van der Waals surface area contributed by atoms with E-state index in [9.17, 15) is 9.59 Å². The van der Waals surface area contributed by atoms with Crippen molar-refractivity contribution >= 4 is 29.3 Å². The van der Waals surface area contributed by atoms with E-state index >= 15 is 0 Å². The fourth-order valence-electron chi connectivity index (χ4n) is 3.24. The molecule has 2 aromatic rings. The van der Waals surface area contributed by atoms with E-state index in [-0.39, 0.29) is 5.78 Å². The van der Waals surface area contributed by atoms with E-state index in [1.807, 2.05) is 30.3 Å². The minimum atomic E-state index is -0.439. The number of nitrogens with one attached hydrogen (secondary N) is 1. The van der Waals surface area contributed by atoms with Gasteiger partial charge in [-0.15, -0.1) is 0 Å². The van der Waals surface area contributed by atoms with Gasteiger partial charge in [0, 0.05) is 30.1 Å². The number of ketones is 1. The number of ether oxygens (including phenoxy) is 1. The number of allylic oxidation sites excluding steroid dienone is 1. The van der Waals surface area contributed by atoms with Crippen LogP contribution in [0.2, 0.25) is 0 Å². The van der Waals surface area contributed by atoms with Gasteiger partial charge >= 0.3 is 6.09 Å². The minimum Gasteiger partial charge on any atom is -0.410 e. The van der Waals surface area contributed by atoms with Gasteiger partial charge in [0.05, 0.1) is 10.7 Å². The Labute approximate surface area is 182 Å². The van der Waals surface area contributed by atoms with Crippen LogP contribution in [-0.4, -0.2) is 18.4 Å². The molecule has 0 spiro atoms. The number of rotatable bonds is 9. The van der Waals surface area contributed by atoms with Gasteiger partial charge in [0.2, 0.25) is 0 Å². The third kappa shape index (κ3) is 6.13. The van der Waals surface area contributed by atoms with Gasteiger partial charge < -0.3 is 15.0 Å². The molecule has 1 amide bonds. The molecule has 5 nitrogen and oxygen atoms in total. The molecule has 1 aliphatic rings. The first kappa shape index (κ1) is 22.0. The Morgan fingerprint density at radius 2 is 1.90 bits per heavy atom. The molecule has 3 rings (SSSR count). The molecule has 0 fully saturated rings. The van der Waals surface area contributed by atoms with Gasteiger partial charge in [-0.3, -0.25) is 4.79 Å². The van der Waals surface area contributed by atoms with Gasteiger partial charge in [-0.2, -0.15) is 0 Å². The highest BCUT2D eigenvalue weighted by Gasteiger charge is 2.26. The molecule has 1 N–H and O–H groups in total. The minimum absolute atomic E-state index is 0.00212. The molecular weight excluding hydrogens is 396 g/mol. The molecule has 0 saturated carbocycles. The Hall–Kier alpha value is -2.73. The standard InChI is InChI=1S/C24H28N2O3S/c1-3-4-5-9-14-25-24(28)29-20-12-13-22-21(16-20)26(23(30-22)15-18(2)27)17-19-10-7-6-8-11-19/h6-8,10-13,15-16H,3-5,9,14,17H2,1-2H3,(H,25,28)/b23-15-. The lowest BCUT2D eigenvalue weighted by molar-refractivity contribution is -0.112. The maximum absolute atomic E-state index is 12.1. The van der Waals surface area contributed by atoms with Crippen LogP contribution >= 0.6 is 11.8 Å². The number of hydrogen-bond donors (Lipinski definition) is 1. The molecule has 1 aliphatic heterocycles. The predicted molar refractivity (Wildman–Crippen MR) is 122 cm³/mol. The van der Waals surface area contributed by atoms with Gasteiger partial charge in [-0.05, 0) is 31.0 Å². The number of hydrogen-bond acceptors (Lipinski definition) is 5. The molecule has 2 aromatic carbocycles. The van der Waals surface area contributed by atoms with E-state index < -0.39 is 6.09 Å². The summed E-state index contributed by atoms with van der Waals surface area (Å²) < 4.78 is 5.49. The van der Waals surface area contributed by atoms with Crippen molar-refractivity contribution < 1.29 is 14.3 Å². The Kier molecular flexibility index (Phi) is 7.97. The zero-order valence-electron chi connectivity index (χ0n) is 17.5. The van der Waals surface area contributed by atoms with Crippen LogP contribution in [0.5, 0.6) is 5.75 Å². The van der Waals surface area contributed by atoms with Crippen LogP contribution in [-0.2, 0) is 11.3 Å². The summed E-state index contributed by atoms with van der Waals surface area (Å²) in [5.74, 6) is 0.491. The molecule has 0 saturated heterocycles. The van der Waals surface area contributed by atoms with Gasteiger partial charge in [-0.1, -0.05) is 68.3 Å². The van der Waals surface area contributed by atoms with Crippen LogP contribution in [0, 0.1) is 0 Å². The van der Waals surface area contributed by atoms with E-state index in [1.54, 1.807) is 30.8 Å². The highest BCUT2D eigenvalue weighted by molar-refractivity contribution is 8.03. The Bertz CT molecular complexity index is 912. The molecule has 0 atom stereocenters. The molecule has 1 heterocycles. The zero-order valence-corrected chi connectivity index (χ0v) is 18.3. The summed E-state index contributed by atoms with van der Waals surface area (Å²) >= 11 is 1.55. The van der Waals surface area contributed by atoms with Crippen molar-refractivity contribution in [2.75, 3.05) is 11.4 Å². The third-order valence-electron chi connectivity index (χ3n) is 4.72. The largest absolute Gasteiger partial charge is 0.412 e. The van der Waals surface area contributed by atoms with Crippen LogP contribution in [0.1, 0.15) is 45.1 Å². The van der Waals surface area contributed by atoms with Crippen molar-refractivity contribution in [1.82, 2.24) is 5.32 Å². The van der Waals surface area contributed by atoms with Crippen LogP contribution in [0.15, 0.2) is 64.5 Å². The number of carbonyl (C=O) groups excluding carboxylic acids is 2. The summed E-state index contributed by atoms with van der Waals surface area (Å²) in [6.07, 6.45) is 5.60.